The SMILES string of the molecule is Cc1nnc(N2CCC3(CCOCC3NS(C)(=O)=O)CC2)s1. The molecule has 0 aliphatic carbocycles. The highest BCUT2D eigenvalue weighted by Crippen LogP contribution is 2.42. The second-order valence-electron chi connectivity index (χ2n) is 6.22. The van der Waals surface area contributed by atoms with Gasteiger partial charge in [-0.05, 0) is 31.6 Å². The Morgan fingerprint density at radius 3 is 2.64 bits per heavy atom. The first-order valence-corrected chi connectivity index (χ1v) is 10.2. The summed E-state index contributed by atoms with van der Waals surface area (Å²) in [6.45, 7) is 4.90. The number of hydrogen-bond acceptors (Lipinski definition) is 7. The van der Waals surface area contributed by atoms with Gasteiger partial charge in [-0.1, -0.05) is 11.3 Å². The van der Waals surface area contributed by atoms with Gasteiger partial charge in [0, 0.05) is 19.7 Å². The Morgan fingerprint density at radius 1 is 1.32 bits per heavy atom. The first-order valence-electron chi connectivity index (χ1n) is 7.48. The fourth-order valence-corrected chi connectivity index (χ4v) is 4.97. The summed E-state index contributed by atoms with van der Waals surface area (Å²) in [6, 6.07) is -0.130. The summed E-state index contributed by atoms with van der Waals surface area (Å²) >= 11 is 1.61. The van der Waals surface area contributed by atoms with Crippen molar-refractivity contribution in [2.24, 2.45) is 5.41 Å². The van der Waals surface area contributed by atoms with E-state index >= 15 is 0 Å². The standard InChI is InChI=1S/C13H22N4O3S2/c1-10-14-15-12(21-10)17-6-3-13(4-7-17)5-8-20-9-11(13)16-22(2,18)19/h11,16H,3-9H2,1-2H3. The monoisotopic (exact) mass is 346 g/mol. The van der Waals surface area contributed by atoms with E-state index in [1.807, 2.05) is 6.92 Å². The van der Waals surface area contributed by atoms with Crippen LogP contribution < -0.4 is 9.62 Å². The summed E-state index contributed by atoms with van der Waals surface area (Å²) in [5.41, 5.74) is -0.00242. The predicted molar refractivity (Wildman–Crippen MR) is 85.7 cm³/mol. The number of rotatable bonds is 3. The van der Waals surface area contributed by atoms with Crippen LogP contribution in [0.15, 0.2) is 0 Å². The predicted octanol–water partition coefficient (Wildman–Crippen LogP) is 0.771. The number of ether oxygens (including phenoxy) is 1. The van der Waals surface area contributed by atoms with E-state index in [4.69, 9.17) is 4.74 Å². The van der Waals surface area contributed by atoms with Crippen LogP contribution in [0.2, 0.25) is 0 Å². The highest BCUT2D eigenvalue weighted by Gasteiger charge is 2.44. The highest BCUT2D eigenvalue weighted by molar-refractivity contribution is 7.88. The second kappa shape index (κ2) is 6.03. The third-order valence-electron chi connectivity index (χ3n) is 4.67. The molecule has 3 rings (SSSR count). The van der Waals surface area contributed by atoms with Gasteiger partial charge in [0.15, 0.2) is 0 Å². The lowest BCUT2D eigenvalue weighted by molar-refractivity contribution is -0.0232. The first-order chi connectivity index (χ1) is 10.4. The molecule has 124 valence electrons. The lowest BCUT2D eigenvalue weighted by Crippen LogP contribution is -2.57. The number of sulfonamides is 1. The molecule has 2 saturated heterocycles. The molecule has 0 saturated carbocycles. The van der Waals surface area contributed by atoms with Crippen molar-refractivity contribution >= 4 is 26.5 Å². The average Bonchev–Trinajstić information content (AvgIpc) is 2.88. The van der Waals surface area contributed by atoms with E-state index in [1.54, 1.807) is 11.3 Å². The van der Waals surface area contributed by atoms with E-state index in [0.29, 0.717) is 13.2 Å². The van der Waals surface area contributed by atoms with Gasteiger partial charge >= 0.3 is 0 Å². The molecule has 2 fully saturated rings. The van der Waals surface area contributed by atoms with Gasteiger partial charge in [0.05, 0.1) is 18.9 Å². The zero-order valence-electron chi connectivity index (χ0n) is 12.9. The Kier molecular flexibility index (Phi) is 4.41. The Morgan fingerprint density at radius 2 is 2.05 bits per heavy atom. The van der Waals surface area contributed by atoms with Crippen molar-refractivity contribution in [2.45, 2.75) is 32.2 Å². The van der Waals surface area contributed by atoms with Crippen molar-refractivity contribution in [3.63, 3.8) is 0 Å². The summed E-state index contributed by atoms with van der Waals surface area (Å²) in [5, 5.41) is 10.2. The smallest absolute Gasteiger partial charge is 0.209 e. The lowest BCUT2D eigenvalue weighted by Gasteiger charge is -2.48. The fourth-order valence-electron chi connectivity index (χ4n) is 3.40. The molecule has 0 aromatic carbocycles. The zero-order valence-corrected chi connectivity index (χ0v) is 14.5. The van der Waals surface area contributed by atoms with Crippen molar-refractivity contribution in [1.82, 2.24) is 14.9 Å². The van der Waals surface area contributed by atoms with Gasteiger partial charge < -0.3 is 9.64 Å². The van der Waals surface area contributed by atoms with Gasteiger partial charge in [0.25, 0.3) is 0 Å². The van der Waals surface area contributed by atoms with Crippen LogP contribution in [0.1, 0.15) is 24.3 Å². The van der Waals surface area contributed by atoms with Crippen LogP contribution in [0.3, 0.4) is 0 Å². The van der Waals surface area contributed by atoms with Crippen molar-refractivity contribution < 1.29 is 13.2 Å². The van der Waals surface area contributed by atoms with Gasteiger partial charge in [-0.3, -0.25) is 0 Å². The zero-order chi connectivity index (χ0) is 15.8. The van der Waals surface area contributed by atoms with Crippen molar-refractivity contribution in [1.29, 1.82) is 0 Å². The highest BCUT2D eigenvalue weighted by atomic mass is 32.2. The maximum Gasteiger partial charge on any atom is 0.209 e. The minimum Gasteiger partial charge on any atom is -0.380 e. The number of aryl methyl sites for hydroxylation is 1. The van der Waals surface area contributed by atoms with Gasteiger partial charge in [0.2, 0.25) is 15.2 Å². The summed E-state index contributed by atoms with van der Waals surface area (Å²) < 4.78 is 31.5. The van der Waals surface area contributed by atoms with Gasteiger partial charge in [0.1, 0.15) is 5.01 Å². The normalized spacial score (nSPS) is 25.5. The summed E-state index contributed by atoms with van der Waals surface area (Å²) in [5.74, 6) is 0. The molecule has 0 radical (unpaired) electrons. The fraction of sp³-hybridized carbons (Fsp3) is 0.846. The van der Waals surface area contributed by atoms with E-state index in [1.165, 1.54) is 6.26 Å². The maximum atomic E-state index is 11.6. The van der Waals surface area contributed by atoms with Gasteiger partial charge in [-0.2, -0.15) is 0 Å². The van der Waals surface area contributed by atoms with Crippen molar-refractivity contribution in [3.05, 3.63) is 5.01 Å². The summed E-state index contributed by atoms with van der Waals surface area (Å²) in [4.78, 5) is 2.25. The Balaban J connectivity index is 1.71. The molecule has 2 aliphatic heterocycles. The topological polar surface area (TPSA) is 84.4 Å². The molecular weight excluding hydrogens is 324 g/mol. The molecule has 0 amide bonds. The Hall–Kier alpha value is -0.770. The van der Waals surface area contributed by atoms with E-state index in [2.05, 4.69) is 19.8 Å². The van der Waals surface area contributed by atoms with Gasteiger partial charge in [-0.15, -0.1) is 10.2 Å². The number of hydrogen-bond donors (Lipinski definition) is 1. The molecule has 1 spiro atoms. The molecule has 3 heterocycles. The van der Waals surface area contributed by atoms with Crippen LogP contribution in [0.5, 0.6) is 0 Å². The quantitative estimate of drug-likeness (QED) is 0.870. The number of aromatic nitrogens is 2. The minimum absolute atomic E-state index is 0.00242. The van der Waals surface area contributed by atoms with Crippen molar-refractivity contribution in [2.75, 3.05) is 37.5 Å². The second-order valence-corrected chi connectivity index (χ2v) is 9.16. The molecular formula is C13H22N4O3S2. The Labute approximate surface area is 135 Å². The molecule has 22 heavy (non-hydrogen) atoms. The average molecular weight is 346 g/mol. The largest absolute Gasteiger partial charge is 0.380 e. The van der Waals surface area contributed by atoms with E-state index in [0.717, 1.165) is 42.5 Å². The third kappa shape index (κ3) is 3.42. The molecule has 7 nitrogen and oxygen atoms in total. The minimum atomic E-state index is -3.23. The van der Waals surface area contributed by atoms with Crippen LogP contribution in [0.4, 0.5) is 5.13 Å². The maximum absolute atomic E-state index is 11.6. The molecule has 1 unspecified atom stereocenters. The van der Waals surface area contributed by atoms with Crippen LogP contribution in [-0.4, -0.2) is 57.2 Å². The van der Waals surface area contributed by atoms with Crippen LogP contribution in [-0.2, 0) is 14.8 Å². The van der Waals surface area contributed by atoms with E-state index in [9.17, 15) is 8.42 Å². The summed E-state index contributed by atoms with van der Waals surface area (Å²) in [7, 11) is -3.23. The van der Waals surface area contributed by atoms with Crippen LogP contribution >= 0.6 is 11.3 Å². The number of nitrogens with zero attached hydrogens (tertiary/aromatic N) is 3. The lowest BCUT2D eigenvalue weighted by atomic mass is 9.69. The third-order valence-corrected chi connectivity index (χ3v) is 6.28. The Bertz CT molecular complexity index is 623. The number of anilines is 1. The van der Waals surface area contributed by atoms with E-state index < -0.39 is 10.0 Å². The molecule has 1 atom stereocenters. The van der Waals surface area contributed by atoms with Crippen LogP contribution in [0, 0.1) is 12.3 Å². The van der Waals surface area contributed by atoms with E-state index in [-0.39, 0.29) is 11.5 Å². The number of nitrogens with one attached hydrogen (secondary N) is 1. The molecule has 1 aromatic rings. The molecule has 2 aliphatic rings. The first kappa shape index (κ1) is 16.1. The molecule has 0 bridgehead atoms. The van der Waals surface area contributed by atoms with Crippen LogP contribution in [0.25, 0.3) is 0 Å². The molecule has 1 N–H and O–H groups in total. The van der Waals surface area contributed by atoms with Gasteiger partial charge in [-0.25, -0.2) is 13.1 Å². The number of piperidine rings is 1. The molecule has 1 aromatic heterocycles. The summed E-state index contributed by atoms with van der Waals surface area (Å²) in [6.07, 6.45) is 4.02. The molecule has 9 heteroatoms. The van der Waals surface area contributed by atoms with Crippen molar-refractivity contribution in [3.8, 4) is 0 Å².